The van der Waals surface area contributed by atoms with Crippen LogP contribution in [0.4, 0.5) is 5.69 Å². The molecule has 0 atom stereocenters. The Morgan fingerprint density at radius 1 is 1.32 bits per heavy atom. The van der Waals surface area contributed by atoms with Gasteiger partial charge in [0.25, 0.3) is 5.91 Å². The van der Waals surface area contributed by atoms with Gasteiger partial charge in [0.2, 0.25) is 10.0 Å². The number of nitrogens with one attached hydrogen (secondary N) is 1. The molecule has 9 heteroatoms. The second-order valence-corrected chi connectivity index (χ2v) is 7.92. The van der Waals surface area contributed by atoms with Crippen molar-refractivity contribution in [1.29, 1.82) is 0 Å². The second kappa shape index (κ2) is 6.64. The lowest BCUT2D eigenvalue weighted by molar-refractivity contribution is 0.0995. The molecule has 0 aliphatic carbocycles. The van der Waals surface area contributed by atoms with E-state index in [0.29, 0.717) is 36.7 Å². The van der Waals surface area contributed by atoms with Crippen molar-refractivity contribution in [2.75, 3.05) is 18.4 Å². The number of carbonyl (C=O) groups excluding carboxylic acids is 1. The van der Waals surface area contributed by atoms with E-state index in [0.717, 1.165) is 12.8 Å². The molecule has 0 spiro atoms. The Morgan fingerprint density at radius 3 is 2.64 bits per heavy atom. The zero-order valence-electron chi connectivity index (χ0n) is 14.5. The fraction of sp³-hybridized carbons (Fsp3) is 0.500. The van der Waals surface area contributed by atoms with Crippen LogP contribution in [0.2, 0.25) is 0 Å². The molecule has 25 heavy (non-hydrogen) atoms. The summed E-state index contributed by atoms with van der Waals surface area (Å²) in [7, 11) is -3.64. The maximum absolute atomic E-state index is 12.7. The molecule has 1 N–H and O–H groups in total. The quantitative estimate of drug-likeness (QED) is 0.870. The number of sulfonamides is 1. The van der Waals surface area contributed by atoms with Crippen molar-refractivity contribution in [3.63, 3.8) is 0 Å². The third kappa shape index (κ3) is 3.21. The van der Waals surface area contributed by atoms with E-state index in [4.69, 9.17) is 8.94 Å². The molecule has 2 aromatic rings. The van der Waals surface area contributed by atoms with Gasteiger partial charge in [-0.05, 0) is 26.7 Å². The highest BCUT2D eigenvalue weighted by Gasteiger charge is 2.32. The number of anilines is 1. The van der Waals surface area contributed by atoms with E-state index in [1.807, 2.05) is 6.92 Å². The Hall–Kier alpha value is -2.13. The summed E-state index contributed by atoms with van der Waals surface area (Å²) in [5.74, 6) is 0.166. The first-order valence-corrected chi connectivity index (χ1v) is 9.65. The highest BCUT2D eigenvalue weighted by Crippen LogP contribution is 2.27. The first-order valence-electron chi connectivity index (χ1n) is 8.21. The zero-order chi connectivity index (χ0) is 18.2. The molecule has 0 unspecified atom stereocenters. The highest BCUT2D eigenvalue weighted by atomic mass is 32.2. The minimum absolute atomic E-state index is 0.0392. The summed E-state index contributed by atoms with van der Waals surface area (Å²) in [5.41, 5.74) is 1.05. The van der Waals surface area contributed by atoms with Crippen LogP contribution in [0.1, 0.15) is 47.5 Å². The lowest BCUT2D eigenvalue weighted by Crippen LogP contribution is -2.28. The maximum Gasteiger partial charge on any atom is 0.291 e. The number of carbonyl (C=O) groups is 1. The summed E-state index contributed by atoms with van der Waals surface area (Å²) in [6.45, 7) is 6.13. The Labute approximate surface area is 146 Å². The van der Waals surface area contributed by atoms with Crippen LogP contribution in [0.25, 0.3) is 0 Å². The number of hydrogen-bond donors (Lipinski definition) is 1. The number of aryl methyl sites for hydroxylation is 3. The molecule has 0 aromatic carbocycles. The zero-order valence-corrected chi connectivity index (χ0v) is 15.3. The second-order valence-electron chi connectivity index (χ2n) is 6.02. The van der Waals surface area contributed by atoms with Gasteiger partial charge in [0.1, 0.15) is 22.0 Å². The minimum atomic E-state index is -3.64. The maximum atomic E-state index is 12.7. The van der Waals surface area contributed by atoms with Crippen molar-refractivity contribution in [2.45, 2.75) is 44.9 Å². The third-order valence-corrected chi connectivity index (χ3v) is 6.28. The molecule has 1 aliphatic rings. The van der Waals surface area contributed by atoms with E-state index in [1.54, 1.807) is 13.8 Å². The Kier molecular flexibility index (Phi) is 4.70. The van der Waals surface area contributed by atoms with Crippen molar-refractivity contribution < 1.29 is 22.2 Å². The molecule has 3 heterocycles. The number of nitrogens with zero attached hydrogens (tertiary/aromatic N) is 2. The molecule has 1 aliphatic heterocycles. The van der Waals surface area contributed by atoms with Crippen LogP contribution in [0.15, 0.2) is 19.9 Å². The van der Waals surface area contributed by atoms with Crippen LogP contribution in [0.3, 0.4) is 0 Å². The molecule has 3 rings (SSSR count). The van der Waals surface area contributed by atoms with Crippen molar-refractivity contribution >= 4 is 21.6 Å². The van der Waals surface area contributed by atoms with E-state index < -0.39 is 15.9 Å². The number of aromatic nitrogens is 1. The van der Waals surface area contributed by atoms with Crippen LogP contribution >= 0.6 is 0 Å². The van der Waals surface area contributed by atoms with Gasteiger partial charge in [-0.15, -0.1) is 0 Å². The van der Waals surface area contributed by atoms with Gasteiger partial charge in [-0.3, -0.25) is 4.79 Å². The molecule has 2 aromatic heterocycles. The van der Waals surface area contributed by atoms with Gasteiger partial charge in [0.15, 0.2) is 11.5 Å². The van der Waals surface area contributed by atoms with Crippen molar-refractivity contribution in [3.8, 4) is 0 Å². The Balaban J connectivity index is 1.87. The average Bonchev–Trinajstić information content (AvgIpc) is 3.29. The summed E-state index contributed by atoms with van der Waals surface area (Å²) >= 11 is 0. The first kappa shape index (κ1) is 17.7. The van der Waals surface area contributed by atoms with Gasteiger partial charge < -0.3 is 14.3 Å². The summed E-state index contributed by atoms with van der Waals surface area (Å²) in [6.07, 6.45) is 2.26. The monoisotopic (exact) mass is 367 g/mol. The molecule has 0 bridgehead atoms. The highest BCUT2D eigenvalue weighted by molar-refractivity contribution is 7.89. The molecule has 0 saturated carbocycles. The van der Waals surface area contributed by atoms with Crippen LogP contribution in [0, 0.1) is 13.8 Å². The van der Waals surface area contributed by atoms with Gasteiger partial charge in [0.05, 0.1) is 0 Å². The van der Waals surface area contributed by atoms with Crippen LogP contribution < -0.4 is 5.32 Å². The van der Waals surface area contributed by atoms with Crippen molar-refractivity contribution in [2.24, 2.45) is 0 Å². The first-order chi connectivity index (χ1) is 11.8. The molecule has 1 fully saturated rings. The van der Waals surface area contributed by atoms with Crippen molar-refractivity contribution in [3.05, 3.63) is 29.0 Å². The van der Waals surface area contributed by atoms with E-state index in [2.05, 4.69) is 10.5 Å². The third-order valence-electron chi connectivity index (χ3n) is 4.27. The topological polar surface area (TPSA) is 106 Å². The van der Waals surface area contributed by atoms with Gasteiger partial charge in [-0.25, -0.2) is 8.42 Å². The summed E-state index contributed by atoms with van der Waals surface area (Å²) < 4.78 is 37.3. The van der Waals surface area contributed by atoms with E-state index in [9.17, 15) is 13.2 Å². The number of rotatable bonds is 5. The summed E-state index contributed by atoms with van der Waals surface area (Å²) in [5, 5.41) is 6.52. The van der Waals surface area contributed by atoms with E-state index in [1.165, 1.54) is 10.4 Å². The molecule has 1 amide bonds. The van der Waals surface area contributed by atoms with Gasteiger partial charge in [-0.2, -0.15) is 4.31 Å². The lowest BCUT2D eigenvalue weighted by atomic mass is 10.2. The minimum Gasteiger partial charge on any atom is -0.455 e. The normalized spacial score (nSPS) is 15.6. The average molecular weight is 367 g/mol. The number of amides is 1. The summed E-state index contributed by atoms with van der Waals surface area (Å²) in [6, 6.07) is 1.28. The smallest absolute Gasteiger partial charge is 0.291 e. The van der Waals surface area contributed by atoms with Gasteiger partial charge in [-0.1, -0.05) is 12.1 Å². The molecule has 8 nitrogen and oxygen atoms in total. The molecule has 1 saturated heterocycles. The number of furan rings is 1. The van der Waals surface area contributed by atoms with Crippen LogP contribution in [-0.2, 0) is 16.4 Å². The predicted molar refractivity (Wildman–Crippen MR) is 90.0 cm³/mol. The van der Waals surface area contributed by atoms with Gasteiger partial charge >= 0.3 is 0 Å². The predicted octanol–water partition coefficient (Wildman–Crippen LogP) is 2.48. The largest absolute Gasteiger partial charge is 0.455 e. The SMILES string of the molecule is CCc1onc(C)c1NC(=O)c1cc(S(=O)(=O)N2CCCC2)c(C)o1. The molecular weight excluding hydrogens is 346 g/mol. The van der Waals surface area contributed by atoms with E-state index >= 15 is 0 Å². The molecule has 0 radical (unpaired) electrons. The van der Waals surface area contributed by atoms with Crippen LogP contribution in [-0.4, -0.2) is 36.9 Å². The Bertz CT molecular complexity index is 891. The van der Waals surface area contributed by atoms with Gasteiger partial charge in [0, 0.05) is 25.6 Å². The van der Waals surface area contributed by atoms with Crippen LogP contribution in [0.5, 0.6) is 0 Å². The fourth-order valence-corrected chi connectivity index (χ4v) is 4.57. The van der Waals surface area contributed by atoms with E-state index in [-0.39, 0.29) is 16.4 Å². The summed E-state index contributed by atoms with van der Waals surface area (Å²) in [4.78, 5) is 12.5. The van der Waals surface area contributed by atoms with Crippen molar-refractivity contribution in [1.82, 2.24) is 9.46 Å². The fourth-order valence-electron chi connectivity index (χ4n) is 2.89. The lowest BCUT2D eigenvalue weighted by Gasteiger charge is -2.14. The molecule has 136 valence electrons. The Morgan fingerprint density at radius 2 is 2.00 bits per heavy atom. The number of hydrogen-bond acceptors (Lipinski definition) is 6. The standard InChI is InChI=1S/C16H21N3O5S/c1-4-12-15(10(2)18-24-12)17-16(20)13-9-14(11(3)23-13)25(21,22)19-7-5-6-8-19/h9H,4-8H2,1-3H3,(H,17,20). The molecular formula is C16H21N3O5S.